The summed E-state index contributed by atoms with van der Waals surface area (Å²) in [6, 6.07) is 16.5. The predicted octanol–water partition coefficient (Wildman–Crippen LogP) is 3.48. The van der Waals surface area contributed by atoms with E-state index in [4.69, 9.17) is 9.84 Å². The number of carbonyl (C=O) groups excluding carboxylic acids is 2. The zero-order valence-corrected chi connectivity index (χ0v) is 18.6. The second kappa shape index (κ2) is 8.54. The van der Waals surface area contributed by atoms with Crippen LogP contribution in [-0.2, 0) is 14.3 Å². The molecule has 0 bridgehead atoms. The molecule has 4 unspecified atom stereocenters. The Balaban J connectivity index is 1.15. The molecule has 0 saturated heterocycles. The second-order valence-electron chi connectivity index (χ2n) is 9.49. The first-order valence-electron chi connectivity index (χ1n) is 11.5. The van der Waals surface area contributed by atoms with Crippen LogP contribution >= 0.6 is 0 Å². The average Bonchev–Trinajstić information content (AvgIpc) is 3.30. The number of nitrogens with one attached hydrogen (secondary N) is 1. The van der Waals surface area contributed by atoms with Gasteiger partial charge in [0, 0.05) is 24.9 Å². The Morgan fingerprint density at radius 3 is 2.27 bits per heavy atom. The van der Waals surface area contributed by atoms with Crippen LogP contribution in [-0.4, -0.2) is 54.2 Å². The van der Waals surface area contributed by atoms with E-state index in [9.17, 15) is 14.4 Å². The van der Waals surface area contributed by atoms with Crippen molar-refractivity contribution in [3.63, 3.8) is 0 Å². The highest BCUT2D eigenvalue weighted by Gasteiger charge is 2.50. The van der Waals surface area contributed by atoms with Crippen molar-refractivity contribution in [2.45, 2.75) is 31.2 Å². The van der Waals surface area contributed by atoms with Crippen LogP contribution in [0.4, 0.5) is 4.79 Å². The fourth-order valence-corrected chi connectivity index (χ4v) is 5.98. The summed E-state index contributed by atoms with van der Waals surface area (Å²) in [5, 5.41) is 11.9. The third-order valence-corrected chi connectivity index (χ3v) is 7.57. The SMILES string of the molecule is CN(CC(=O)O)C(=O)C1CC2CC(NC(=O)OCC3c4ccccc4-c4ccccc43)C2C1. The Morgan fingerprint density at radius 2 is 1.64 bits per heavy atom. The van der Waals surface area contributed by atoms with Crippen molar-refractivity contribution in [1.82, 2.24) is 10.2 Å². The lowest BCUT2D eigenvalue weighted by Gasteiger charge is -2.40. The molecular formula is C26H28N2O5. The van der Waals surface area contributed by atoms with Crippen LogP contribution in [0.25, 0.3) is 11.1 Å². The number of aliphatic carboxylic acids is 1. The molecule has 3 aliphatic rings. The molecule has 2 N–H and O–H groups in total. The van der Waals surface area contributed by atoms with E-state index in [0.717, 1.165) is 12.8 Å². The van der Waals surface area contributed by atoms with Crippen LogP contribution in [0, 0.1) is 17.8 Å². The minimum Gasteiger partial charge on any atom is -0.480 e. The van der Waals surface area contributed by atoms with Crippen LogP contribution in [0.1, 0.15) is 36.3 Å². The number of alkyl carbamates (subject to hydrolysis) is 1. The first-order chi connectivity index (χ1) is 15.9. The van der Waals surface area contributed by atoms with Gasteiger partial charge in [-0.1, -0.05) is 48.5 Å². The molecular weight excluding hydrogens is 420 g/mol. The highest BCUT2D eigenvalue weighted by molar-refractivity contribution is 5.83. The van der Waals surface area contributed by atoms with Gasteiger partial charge in [0.1, 0.15) is 13.2 Å². The van der Waals surface area contributed by atoms with Gasteiger partial charge in [0.2, 0.25) is 5.91 Å². The predicted molar refractivity (Wildman–Crippen MR) is 122 cm³/mol. The Morgan fingerprint density at radius 1 is 1.00 bits per heavy atom. The van der Waals surface area contributed by atoms with E-state index in [1.807, 2.05) is 24.3 Å². The second-order valence-corrected chi connectivity index (χ2v) is 9.49. The Labute approximate surface area is 192 Å². The molecule has 2 amide bonds. The maximum Gasteiger partial charge on any atom is 0.407 e. The number of nitrogens with zero attached hydrogens (tertiary/aromatic N) is 1. The van der Waals surface area contributed by atoms with Gasteiger partial charge in [-0.05, 0) is 53.4 Å². The number of hydrogen-bond acceptors (Lipinski definition) is 4. The number of rotatable bonds is 6. The average molecular weight is 449 g/mol. The summed E-state index contributed by atoms with van der Waals surface area (Å²) in [5.74, 6) is -0.628. The van der Waals surface area contributed by atoms with E-state index in [1.54, 1.807) is 0 Å². The van der Waals surface area contributed by atoms with Crippen LogP contribution in [0.3, 0.4) is 0 Å². The summed E-state index contributed by atoms with van der Waals surface area (Å²) in [7, 11) is 1.53. The molecule has 4 atom stereocenters. The molecule has 2 aromatic rings. The van der Waals surface area contributed by atoms with Crippen LogP contribution < -0.4 is 5.32 Å². The molecule has 5 rings (SSSR count). The molecule has 172 valence electrons. The summed E-state index contributed by atoms with van der Waals surface area (Å²) < 4.78 is 5.66. The fourth-order valence-electron chi connectivity index (χ4n) is 5.98. The van der Waals surface area contributed by atoms with Gasteiger partial charge in [-0.2, -0.15) is 0 Å². The summed E-state index contributed by atoms with van der Waals surface area (Å²) >= 11 is 0. The largest absolute Gasteiger partial charge is 0.480 e. The summed E-state index contributed by atoms with van der Waals surface area (Å²) in [5.41, 5.74) is 4.74. The third-order valence-electron chi connectivity index (χ3n) is 7.57. The molecule has 2 aromatic carbocycles. The van der Waals surface area contributed by atoms with Gasteiger partial charge in [0.15, 0.2) is 0 Å². The number of carboxylic acids is 1. The minimum atomic E-state index is -1.01. The molecule has 33 heavy (non-hydrogen) atoms. The van der Waals surface area contributed by atoms with Gasteiger partial charge in [-0.15, -0.1) is 0 Å². The third kappa shape index (κ3) is 3.96. The van der Waals surface area contributed by atoms with Crippen molar-refractivity contribution in [3.8, 4) is 11.1 Å². The minimum absolute atomic E-state index is 0.00762. The molecule has 0 aromatic heterocycles. The summed E-state index contributed by atoms with van der Waals surface area (Å²) in [6.45, 7) is -0.00609. The first-order valence-corrected chi connectivity index (χ1v) is 11.5. The number of benzene rings is 2. The quantitative estimate of drug-likeness (QED) is 0.705. The van der Waals surface area contributed by atoms with Crippen molar-refractivity contribution in [2.24, 2.45) is 17.8 Å². The number of fused-ring (bicyclic) bond motifs is 4. The Kier molecular flexibility index (Phi) is 5.56. The van der Waals surface area contributed by atoms with E-state index in [1.165, 1.54) is 34.2 Å². The Bertz CT molecular complexity index is 1050. The van der Waals surface area contributed by atoms with Crippen molar-refractivity contribution in [2.75, 3.05) is 20.2 Å². The molecule has 0 spiro atoms. The fraction of sp³-hybridized carbons (Fsp3) is 0.423. The van der Waals surface area contributed by atoms with Crippen molar-refractivity contribution in [1.29, 1.82) is 0 Å². The molecule has 3 aliphatic carbocycles. The topological polar surface area (TPSA) is 95.9 Å². The molecule has 0 aliphatic heterocycles. The zero-order valence-electron chi connectivity index (χ0n) is 18.6. The van der Waals surface area contributed by atoms with Crippen molar-refractivity contribution >= 4 is 18.0 Å². The van der Waals surface area contributed by atoms with Crippen LogP contribution in [0.2, 0.25) is 0 Å². The van der Waals surface area contributed by atoms with E-state index in [0.29, 0.717) is 12.3 Å². The van der Waals surface area contributed by atoms with Crippen molar-refractivity contribution in [3.05, 3.63) is 59.7 Å². The highest BCUT2D eigenvalue weighted by Crippen LogP contribution is 2.50. The molecule has 2 saturated carbocycles. The van der Waals surface area contributed by atoms with Gasteiger partial charge < -0.3 is 20.1 Å². The molecule has 7 nitrogen and oxygen atoms in total. The number of carboxylic acid groups (broad SMARTS) is 1. The summed E-state index contributed by atoms with van der Waals surface area (Å²) in [6.07, 6.45) is 1.86. The lowest BCUT2D eigenvalue weighted by Crippen LogP contribution is -2.50. The number of likely N-dealkylation sites (N-methyl/N-ethyl adjacent to an activating group) is 1. The normalized spacial score (nSPS) is 24.8. The van der Waals surface area contributed by atoms with Gasteiger partial charge in [-0.25, -0.2) is 4.79 Å². The van der Waals surface area contributed by atoms with Gasteiger partial charge >= 0.3 is 12.1 Å². The van der Waals surface area contributed by atoms with Crippen LogP contribution in [0.5, 0.6) is 0 Å². The molecule has 0 heterocycles. The molecule has 0 radical (unpaired) electrons. The van der Waals surface area contributed by atoms with E-state index >= 15 is 0 Å². The maximum atomic E-state index is 12.6. The van der Waals surface area contributed by atoms with E-state index < -0.39 is 12.1 Å². The zero-order chi connectivity index (χ0) is 23.1. The maximum absolute atomic E-state index is 12.6. The lowest BCUT2D eigenvalue weighted by molar-refractivity contribution is -0.145. The smallest absolute Gasteiger partial charge is 0.407 e. The number of ether oxygens (including phenoxy) is 1. The molecule has 2 fully saturated rings. The lowest BCUT2D eigenvalue weighted by atomic mass is 9.71. The Hall–Kier alpha value is -3.35. The number of amides is 2. The monoisotopic (exact) mass is 448 g/mol. The van der Waals surface area contributed by atoms with Crippen LogP contribution in [0.15, 0.2) is 48.5 Å². The number of carbonyl (C=O) groups is 3. The first kappa shape index (κ1) is 21.5. The number of hydrogen-bond donors (Lipinski definition) is 2. The van der Waals surface area contributed by atoms with Gasteiger partial charge in [0.25, 0.3) is 0 Å². The van der Waals surface area contributed by atoms with E-state index in [-0.39, 0.29) is 42.9 Å². The highest BCUT2D eigenvalue weighted by atomic mass is 16.5. The van der Waals surface area contributed by atoms with Crippen molar-refractivity contribution < 1.29 is 24.2 Å². The van der Waals surface area contributed by atoms with Gasteiger partial charge in [0.05, 0.1) is 0 Å². The van der Waals surface area contributed by atoms with Gasteiger partial charge in [-0.3, -0.25) is 9.59 Å². The molecule has 7 heteroatoms. The summed E-state index contributed by atoms with van der Waals surface area (Å²) in [4.78, 5) is 37.3. The standard InChI is InChI=1S/C26H28N2O5/c1-28(13-24(29)30)25(31)16-10-15-12-23(21(15)11-16)27-26(32)33-14-22-19-8-4-2-6-17(19)18-7-3-5-9-20(18)22/h2-9,15-16,21-23H,10-14H2,1H3,(H,27,32)(H,29,30). The van der Waals surface area contributed by atoms with E-state index in [2.05, 4.69) is 29.6 Å².